The highest BCUT2D eigenvalue weighted by atomic mass is 16.5. The van der Waals surface area contributed by atoms with E-state index in [2.05, 4.69) is 38.2 Å². The predicted molar refractivity (Wildman–Crippen MR) is 108 cm³/mol. The fourth-order valence-corrected chi connectivity index (χ4v) is 2.63. The van der Waals surface area contributed by atoms with E-state index in [1.165, 1.54) is 5.56 Å². The van der Waals surface area contributed by atoms with Crippen molar-refractivity contribution in [2.75, 3.05) is 6.61 Å². The van der Waals surface area contributed by atoms with Gasteiger partial charge in [-0.1, -0.05) is 57.2 Å². The quantitative estimate of drug-likeness (QED) is 0.720. The van der Waals surface area contributed by atoms with Crippen molar-refractivity contribution in [2.45, 2.75) is 46.1 Å². The predicted octanol–water partition coefficient (Wildman–Crippen LogP) is 5.27. The Hall–Kier alpha value is -2.55. The Morgan fingerprint density at radius 3 is 2.23 bits per heavy atom. The van der Waals surface area contributed by atoms with Gasteiger partial charge in [0.05, 0.1) is 12.6 Å². The third-order valence-electron chi connectivity index (χ3n) is 4.25. The summed E-state index contributed by atoms with van der Waals surface area (Å²) in [6.07, 6.45) is 3.42. The van der Waals surface area contributed by atoms with E-state index in [0.29, 0.717) is 6.61 Å². The molecule has 138 valence electrons. The van der Waals surface area contributed by atoms with Gasteiger partial charge in [0.25, 0.3) is 0 Å². The lowest BCUT2D eigenvalue weighted by Gasteiger charge is -2.18. The summed E-state index contributed by atoms with van der Waals surface area (Å²) in [5, 5.41) is 2.99. The number of amides is 1. The molecular formula is C23H29NO2. The molecule has 0 aliphatic heterocycles. The molecule has 2 aromatic carbocycles. The summed E-state index contributed by atoms with van der Waals surface area (Å²) in [5.41, 5.74) is 3.47. The summed E-state index contributed by atoms with van der Waals surface area (Å²) in [5.74, 6) is 0.736. The maximum atomic E-state index is 12.2. The fraction of sp³-hybridized carbons (Fsp3) is 0.348. The maximum Gasteiger partial charge on any atom is 0.244 e. The first kappa shape index (κ1) is 19.8. The van der Waals surface area contributed by atoms with Crippen LogP contribution in [0.4, 0.5) is 0 Å². The van der Waals surface area contributed by atoms with E-state index in [0.717, 1.165) is 16.9 Å². The summed E-state index contributed by atoms with van der Waals surface area (Å²) in [7, 11) is 0. The molecule has 1 unspecified atom stereocenters. The highest BCUT2D eigenvalue weighted by molar-refractivity contribution is 5.91. The SMILES string of the molecule is CCOc1ccc(C(C)NC(=O)/C=C/c2ccc(C(C)(C)C)cc2)cc1. The summed E-state index contributed by atoms with van der Waals surface area (Å²) in [4.78, 5) is 12.2. The number of ether oxygens (including phenoxy) is 1. The van der Waals surface area contributed by atoms with E-state index in [9.17, 15) is 4.79 Å². The maximum absolute atomic E-state index is 12.2. The molecule has 0 heterocycles. The zero-order valence-corrected chi connectivity index (χ0v) is 16.4. The lowest BCUT2D eigenvalue weighted by Crippen LogP contribution is -2.24. The largest absolute Gasteiger partial charge is 0.494 e. The topological polar surface area (TPSA) is 38.3 Å². The third kappa shape index (κ3) is 5.76. The van der Waals surface area contributed by atoms with Gasteiger partial charge in [0.1, 0.15) is 5.75 Å². The minimum absolute atomic E-state index is 0.0638. The van der Waals surface area contributed by atoms with Gasteiger partial charge in [0.15, 0.2) is 0 Å². The molecular weight excluding hydrogens is 322 g/mol. The van der Waals surface area contributed by atoms with Gasteiger partial charge in [0, 0.05) is 6.08 Å². The number of hydrogen-bond donors (Lipinski definition) is 1. The van der Waals surface area contributed by atoms with Gasteiger partial charge in [-0.25, -0.2) is 0 Å². The van der Waals surface area contributed by atoms with Gasteiger partial charge in [-0.05, 0) is 54.2 Å². The molecule has 0 saturated carbocycles. The van der Waals surface area contributed by atoms with Crippen molar-refractivity contribution in [1.29, 1.82) is 0 Å². The highest BCUT2D eigenvalue weighted by Crippen LogP contribution is 2.22. The lowest BCUT2D eigenvalue weighted by atomic mass is 9.87. The Labute approximate surface area is 157 Å². The molecule has 0 aliphatic carbocycles. The second kappa shape index (κ2) is 8.70. The van der Waals surface area contributed by atoms with E-state index in [-0.39, 0.29) is 17.4 Å². The zero-order chi connectivity index (χ0) is 19.2. The molecule has 0 saturated heterocycles. The van der Waals surface area contributed by atoms with E-state index in [1.807, 2.05) is 56.3 Å². The molecule has 0 spiro atoms. The van der Waals surface area contributed by atoms with Crippen LogP contribution in [0, 0.1) is 0 Å². The van der Waals surface area contributed by atoms with Gasteiger partial charge >= 0.3 is 0 Å². The van der Waals surface area contributed by atoms with E-state index in [1.54, 1.807) is 6.08 Å². The van der Waals surface area contributed by atoms with Crippen LogP contribution in [0.2, 0.25) is 0 Å². The van der Waals surface area contributed by atoms with E-state index in [4.69, 9.17) is 4.74 Å². The molecule has 2 aromatic rings. The monoisotopic (exact) mass is 351 g/mol. The molecule has 0 radical (unpaired) electrons. The zero-order valence-electron chi connectivity index (χ0n) is 16.4. The van der Waals surface area contributed by atoms with Crippen LogP contribution in [0.15, 0.2) is 54.6 Å². The number of rotatable bonds is 6. The van der Waals surface area contributed by atoms with E-state index < -0.39 is 0 Å². The van der Waals surface area contributed by atoms with Crippen molar-refractivity contribution >= 4 is 12.0 Å². The normalized spacial score (nSPS) is 12.8. The van der Waals surface area contributed by atoms with Gasteiger partial charge in [-0.3, -0.25) is 4.79 Å². The first-order chi connectivity index (χ1) is 12.3. The molecule has 0 aliphatic rings. The van der Waals surface area contributed by atoms with Gasteiger partial charge in [-0.15, -0.1) is 0 Å². The molecule has 3 nitrogen and oxygen atoms in total. The summed E-state index contributed by atoms with van der Waals surface area (Å²) in [6, 6.07) is 16.0. The van der Waals surface area contributed by atoms with Crippen LogP contribution in [0.5, 0.6) is 5.75 Å². The fourth-order valence-electron chi connectivity index (χ4n) is 2.63. The Kier molecular flexibility index (Phi) is 6.62. The number of carbonyl (C=O) groups is 1. The molecule has 0 bridgehead atoms. The number of benzene rings is 2. The molecule has 3 heteroatoms. The Bertz CT molecular complexity index is 737. The van der Waals surface area contributed by atoms with Gasteiger partial charge in [-0.2, -0.15) is 0 Å². The standard InChI is InChI=1S/C23H29NO2/c1-6-26-21-14-10-19(11-15-21)17(2)24-22(25)16-9-18-7-12-20(13-8-18)23(3,4)5/h7-17H,6H2,1-5H3,(H,24,25)/b16-9+. The van der Waals surface area contributed by atoms with Crippen LogP contribution in [0.3, 0.4) is 0 Å². The van der Waals surface area contributed by atoms with Crippen molar-refractivity contribution in [3.63, 3.8) is 0 Å². The molecule has 1 N–H and O–H groups in total. The minimum Gasteiger partial charge on any atom is -0.494 e. The third-order valence-corrected chi connectivity index (χ3v) is 4.25. The van der Waals surface area contributed by atoms with Crippen molar-refractivity contribution < 1.29 is 9.53 Å². The van der Waals surface area contributed by atoms with Crippen LogP contribution in [-0.4, -0.2) is 12.5 Å². The Morgan fingerprint density at radius 1 is 1.08 bits per heavy atom. The number of nitrogens with one attached hydrogen (secondary N) is 1. The molecule has 2 rings (SSSR count). The molecule has 0 fully saturated rings. The summed E-state index contributed by atoms with van der Waals surface area (Å²) >= 11 is 0. The summed E-state index contributed by atoms with van der Waals surface area (Å²) < 4.78 is 5.44. The van der Waals surface area contributed by atoms with Gasteiger partial charge < -0.3 is 10.1 Å². The van der Waals surface area contributed by atoms with Crippen LogP contribution < -0.4 is 10.1 Å². The van der Waals surface area contributed by atoms with E-state index >= 15 is 0 Å². The Balaban J connectivity index is 1.93. The van der Waals surface area contributed by atoms with Crippen LogP contribution in [0.25, 0.3) is 6.08 Å². The summed E-state index contributed by atoms with van der Waals surface area (Å²) in [6.45, 7) is 11.1. The average molecular weight is 351 g/mol. The molecule has 1 amide bonds. The smallest absolute Gasteiger partial charge is 0.244 e. The van der Waals surface area contributed by atoms with Crippen LogP contribution in [0.1, 0.15) is 57.4 Å². The molecule has 1 atom stereocenters. The van der Waals surface area contributed by atoms with Crippen LogP contribution in [-0.2, 0) is 10.2 Å². The Morgan fingerprint density at radius 2 is 1.69 bits per heavy atom. The molecule has 0 aromatic heterocycles. The van der Waals surface area contributed by atoms with Gasteiger partial charge in [0.2, 0.25) is 5.91 Å². The average Bonchev–Trinajstić information content (AvgIpc) is 2.60. The second-order valence-corrected chi connectivity index (χ2v) is 7.44. The van der Waals surface area contributed by atoms with Crippen molar-refractivity contribution in [3.05, 3.63) is 71.3 Å². The lowest BCUT2D eigenvalue weighted by molar-refractivity contribution is -0.117. The van der Waals surface area contributed by atoms with Crippen molar-refractivity contribution in [2.24, 2.45) is 0 Å². The molecule has 26 heavy (non-hydrogen) atoms. The first-order valence-electron chi connectivity index (χ1n) is 9.11. The van der Waals surface area contributed by atoms with Crippen LogP contribution >= 0.6 is 0 Å². The second-order valence-electron chi connectivity index (χ2n) is 7.44. The van der Waals surface area contributed by atoms with Crippen molar-refractivity contribution in [3.8, 4) is 5.75 Å². The minimum atomic E-state index is -0.105. The number of hydrogen-bond acceptors (Lipinski definition) is 2. The highest BCUT2D eigenvalue weighted by Gasteiger charge is 2.12. The number of carbonyl (C=O) groups excluding carboxylic acids is 1. The first-order valence-corrected chi connectivity index (χ1v) is 9.11. The van der Waals surface area contributed by atoms with Crippen molar-refractivity contribution in [1.82, 2.24) is 5.32 Å².